The van der Waals surface area contributed by atoms with Crippen LogP contribution in [0.25, 0.3) is 0 Å². The molecular weight excluding hydrogens is 469 g/mol. The minimum absolute atomic E-state index is 0.0203. The van der Waals surface area contributed by atoms with Gasteiger partial charge in [0.25, 0.3) is 0 Å². The van der Waals surface area contributed by atoms with Crippen LogP contribution in [0.15, 0.2) is 48.7 Å². The van der Waals surface area contributed by atoms with Crippen molar-refractivity contribution in [2.45, 2.75) is 38.3 Å². The van der Waals surface area contributed by atoms with Gasteiger partial charge in [-0.05, 0) is 30.0 Å². The van der Waals surface area contributed by atoms with E-state index < -0.39 is 13.6 Å². The average molecular weight is 493 g/mol. The Kier molecular flexibility index (Phi) is 5.31. The highest BCUT2D eigenvalue weighted by Crippen LogP contribution is 2.48. The summed E-state index contributed by atoms with van der Waals surface area (Å²) in [6.45, 7) is 3.09. The first-order chi connectivity index (χ1) is 16.8. The van der Waals surface area contributed by atoms with Crippen molar-refractivity contribution in [1.82, 2.24) is 4.57 Å². The van der Waals surface area contributed by atoms with Gasteiger partial charge in [0, 0.05) is 36.5 Å². The van der Waals surface area contributed by atoms with Gasteiger partial charge in [-0.25, -0.2) is 4.57 Å². The van der Waals surface area contributed by atoms with E-state index in [0.29, 0.717) is 18.7 Å². The molecule has 3 heterocycles. The van der Waals surface area contributed by atoms with Gasteiger partial charge in [-0.1, -0.05) is 43.3 Å². The highest BCUT2D eigenvalue weighted by Gasteiger charge is 2.40. The molecule has 1 aliphatic carbocycles. The molecule has 6 rings (SSSR count). The molecule has 2 aromatic carbocycles. The molecule has 3 aromatic rings. The number of phosphoric ester groups is 1. The molecule has 0 radical (unpaired) electrons. The van der Waals surface area contributed by atoms with Crippen LogP contribution >= 0.6 is 7.82 Å². The van der Waals surface area contributed by atoms with Crippen LogP contribution in [0.5, 0.6) is 5.75 Å². The van der Waals surface area contributed by atoms with Gasteiger partial charge in [-0.3, -0.25) is 19.0 Å². The van der Waals surface area contributed by atoms with Crippen LogP contribution in [-0.4, -0.2) is 40.3 Å². The molecule has 3 atom stereocenters. The SMILES string of the molecule is CC1c2ccccc2Cn2cc3c(c21)C(=O)c1cccc(OP(=O)(O)OCC2CCCO2)c1C3=O. The number of fused-ring (bicyclic) bond motifs is 5. The monoisotopic (exact) mass is 493 g/mol. The minimum Gasteiger partial charge on any atom is -0.403 e. The summed E-state index contributed by atoms with van der Waals surface area (Å²) in [5.41, 5.74) is 3.89. The number of carbonyl (C=O) groups is 2. The Labute approximate surface area is 202 Å². The molecule has 0 bridgehead atoms. The molecule has 2 aliphatic heterocycles. The first-order valence-electron chi connectivity index (χ1n) is 11.7. The van der Waals surface area contributed by atoms with Gasteiger partial charge in [0.1, 0.15) is 5.75 Å². The summed E-state index contributed by atoms with van der Waals surface area (Å²) >= 11 is 0. The summed E-state index contributed by atoms with van der Waals surface area (Å²) in [4.78, 5) is 37.6. The van der Waals surface area contributed by atoms with Crippen molar-refractivity contribution in [1.29, 1.82) is 0 Å². The third-order valence-corrected chi connectivity index (χ3v) is 7.93. The molecule has 180 valence electrons. The summed E-state index contributed by atoms with van der Waals surface area (Å²) in [6, 6.07) is 12.5. The molecule has 1 fully saturated rings. The third-order valence-electron chi connectivity index (χ3n) is 7.02. The third kappa shape index (κ3) is 3.69. The zero-order chi connectivity index (χ0) is 24.3. The summed E-state index contributed by atoms with van der Waals surface area (Å²) < 4.78 is 30.5. The lowest BCUT2D eigenvalue weighted by Crippen LogP contribution is -2.23. The maximum atomic E-state index is 13.7. The molecule has 9 heteroatoms. The van der Waals surface area contributed by atoms with E-state index in [2.05, 4.69) is 0 Å². The number of aromatic nitrogens is 1. The van der Waals surface area contributed by atoms with E-state index in [1.165, 1.54) is 12.1 Å². The van der Waals surface area contributed by atoms with E-state index in [0.717, 1.165) is 29.7 Å². The molecule has 0 saturated carbocycles. The Morgan fingerprint density at radius 3 is 2.69 bits per heavy atom. The molecule has 1 N–H and O–H groups in total. The molecule has 8 nitrogen and oxygen atoms in total. The highest BCUT2D eigenvalue weighted by molar-refractivity contribution is 7.47. The number of ketones is 2. The zero-order valence-electron chi connectivity index (χ0n) is 19.1. The van der Waals surface area contributed by atoms with E-state index in [4.69, 9.17) is 13.8 Å². The van der Waals surface area contributed by atoms with Gasteiger partial charge >= 0.3 is 7.82 Å². The summed E-state index contributed by atoms with van der Waals surface area (Å²) in [5.74, 6) is -0.925. The lowest BCUT2D eigenvalue weighted by molar-refractivity contribution is 0.0559. The fourth-order valence-electron chi connectivity index (χ4n) is 5.41. The predicted molar refractivity (Wildman–Crippen MR) is 126 cm³/mol. The molecule has 0 amide bonds. The van der Waals surface area contributed by atoms with E-state index in [1.807, 2.05) is 35.8 Å². The number of hydrogen-bond acceptors (Lipinski definition) is 6. The second-order valence-electron chi connectivity index (χ2n) is 9.18. The van der Waals surface area contributed by atoms with Gasteiger partial charge in [0.15, 0.2) is 11.6 Å². The van der Waals surface area contributed by atoms with Gasteiger partial charge in [-0.2, -0.15) is 0 Å². The predicted octanol–water partition coefficient (Wildman–Crippen LogP) is 4.45. The van der Waals surface area contributed by atoms with E-state index >= 15 is 0 Å². The number of benzene rings is 2. The topological polar surface area (TPSA) is 104 Å². The normalized spacial score (nSPS) is 22.1. The summed E-state index contributed by atoms with van der Waals surface area (Å²) in [5, 5.41) is 0. The van der Waals surface area contributed by atoms with Crippen molar-refractivity contribution in [3.8, 4) is 5.75 Å². The maximum absolute atomic E-state index is 13.7. The molecule has 3 aliphatic rings. The van der Waals surface area contributed by atoms with Gasteiger partial charge in [-0.15, -0.1) is 0 Å². The Bertz CT molecular complexity index is 1420. The fraction of sp³-hybridized carbons (Fsp3) is 0.308. The number of hydrogen-bond donors (Lipinski definition) is 1. The van der Waals surface area contributed by atoms with Crippen molar-refractivity contribution >= 4 is 19.4 Å². The van der Waals surface area contributed by atoms with Crippen molar-refractivity contribution < 1.29 is 32.8 Å². The number of rotatable bonds is 5. The summed E-state index contributed by atoms with van der Waals surface area (Å²) in [6.07, 6.45) is 3.04. The molecule has 1 saturated heterocycles. The fourth-order valence-corrected chi connectivity index (χ4v) is 6.22. The summed E-state index contributed by atoms with van der Waals surface area (Å²) in [7, 11) is -4.55. The van der Waals surface area contributed by atoms with Crippen LogP contribution in [-0.2, 0) is 20.4 Å². The van der Waals surface area contributed by atoms with Crippen LogP contribution in [0.4, 0.5) is 0 Å². The van der Waals surface area contributed by atoms with E-state index in [-0.39, 0.29) is 46.9 Å². The minimum atomic E-state index is -4.55. The molecule has 0 spiro atoms. The second-order valence-corrected chi connectivity index (χ2v) is 10.6. The first kappa shape index (κ1) is 22.4. The maximum Gasteiger partial charge on any atom is 0.527 e. The molecule has 3 unspecified atom stereocenters. The largest absolute Gasteiger partial charge is 0.527 e. The van der Waals surface area contributed by atoms with Crippen molar-refractivity contribution in [3.05, 3.63) is 87.7 Å². The first-order valence-corrected chi connectivity index (χ1v) is 13.2. The number of nitrogens with zero attached hydrogens (tertiary/aromatic N) is 1. The number of phosphoric acid groups is 1. The van der Waals surface area contributed by atoms with Crippen LogP contribution in [0.3, 0.4) is 0 Å². The van der Waals surface area contributed by atoms with E-state index in [9.17, 15) is 19.0 Å². The second kappa shape index (κ2) is 8.28. The van der Waals surface area contributed by atoms with E-state index in [1.54, 1.807) is 12.3 Å². The average Bonchev–Trinajstić information content (AvgIpc) is 3.49. The molecular formula is C26H24NO7P. The Balaban J connectivity index is 1.35. The van der Waals surface area contributed by atoms with Crippen LogP contribution < -0.4 is 4.52 Å². The quantitative estimate of drug-likeness (QED) is 0.410. The van der Waals surface area contributed by atoms with Crippen LogP contribution in [0.2, 0.25) is 0 Å². The standard InChI is InChI=1S/C26H24NO7P/c1-15-18-8-3-2-6-16(18)12-27-13-20-23(24(15)27)25(28)19-9-4-10-21(22(19)26(20)29)34-35(30,31)33-14-17-7-5-11-32-17/h2-4,6,8-10,13,15,17H,5,7,11-12,14H2,1H3,(H,30,31). The van der Waals surface area contributed by atoms with Gasteiger partial charge in [0.2, 0.25) is 0 Å². The van der Waals surface area contributed by atoms with Gasteiger partial charge < -0.3 is 13.8 Å². The number of ether oxygens (including phenoxy) is 1. The zero-order valence-corrected chi connectivity index (χ0v) is 20.0. The van der Waals surface area contributed by atoms with Gasteiger partial charge in [0.05, 0.1) is 29.4 Å². The Morgan fingerprint density at radius 1 is 1.09 bits per heavy atom. The lowest BCUT2D eigenvalue weighted by atomic mass is 9.81. The van der Waals surface area contributed by atoms with Crippen molar-refractivity contribution in [2.24, 2.45) is 0 Å². The molecule has 35 heavy (non-hydrogen) atoms. The number of carbonyl (C=O) groups excluding carboxylic acids is 2. The smallest absolute Gasteiger partial charge is 0.403 e. The highest BCUT2D eigenvalue weighted by atomic mass is 31.2. The van der Waals surface area contributed by atoms with Crippen LogP contribution in [0.1, 0.15) is 74.3 Å². The Morgan fingerprint density at radius 2 is 1.89 bits per heavy atom. The lowest BCUT2D eigenvalue weighted by Gasteiger charge is -2.27. The van der Waals surface area contributed by atoms with Crippen molar-refractivity contribution in [2.75, 3.05) is 13.2 Å². The molecule has 1 aromatic heterocycles. The van der Waals surface area contributed by atoms with Crippen molar-refractivity contribution in [3.63, 3.8) is 0 Å². The Hall–Kier alpha value is -3.03. The van der Waals surface area contributed by atoms with Crippen LogP contribution in [0, 0.1) is 0 Å².